The van der Waals surface area contributed by atoms with E-state index in [0.717, 1.165) is 5.56 Å². The highest BCUT2D eigenvalue weighted by molar-refractivity contribution is 5.95. The summed E-state index contributed by atoms with van der Waals surface area (Å²) >= 11 is 0. The third kappa shape index (κ3) is 5.32. The van der Waals surface area contributed by atoms with Crippen LogP contribution in [0.15, 0.2) is 52.9 Å². The van der Waals surface area contributed by atoms with Crippen LogP contribution >= 0.6 is 0 Å². The first-order valence-electron chi connectivity index (χ1n) is 8.27. The number of halogens is 3. The molecular formula is C19H16F3N3O3. The van der Waals surface area contributed by atoms with Crippen molar-refractivity contribution in [2.75, 3.05) is 6.61 Å². The molecule has 0 aliphatic rings. The number of aromatic nitrogens is 2. The van der Waals surface area contributed by atoms with E-state index in [9.17, 15) is 18.0 Å². The molecule has 1 N–H and O–H groups in total. The molecule has 0 unspecified atom stereocenters. The molecule has 0 saturated carbocycles. The van der Waals surface area contributed by atoms with Crippen LogP contribution in [0.5, 0.6) is 5.75 Å². The van der Waals surface area contributed by atoms with E-state index in [0.29, 0.717) is 22.9 Å². The van der Waals surface area contributed by atoms with Crippen molar-refractivity contribution in [3.63, 3.8) is 0 Å². The number of ether oxygens (including phenoxy) is 1. The first kappa shape index (κ1) is 19.4. The van der Waals surface area contributed by atoms with E-state index in [4.69, 9.17) is 4.42 Å². The SMILES string of the molecule is Cc1nnc(-c2cccc(C(=O)NCc3ccc(OCC(F)(F)F)cc3)c2)o1. The second-order valence-corrected chi connectivity index (χ2v) is 5.94. The summed E-state index contributed by atoms with van der Waals surface area (Å²) in [6.45, 7) is 0.535. The van der Waals surface area contributed by atoms with Gasteiger partial charge < -0.3 is 14.5 Å². The van der Waals surface area contributed by atoms with Crippen LogP contribution in [0.4, 0.5) is 13.2 Å². The van der Waals surface area contributed by atoms with Gasteiger partial charge in [-0.05, 0) is 35.9 Å². The van der Waals surface area contributed by atoms with Crippen molar-refractivity contribution in [3.8, 4) is 17.2 Å². The zero-order valence-electron chi connectivity index (χ0n) is 14.8. The van der Waals surface area contributed by atoms with Gasteiger partial charge in [-0.3, -0.25) is 4.79 Å². The van der Waals surface area contributed by atoms with Crippen LogP contribution in [0.3, 0.4) is 0 Å². The van der Waals surface area contributed by atoms with E-state index in [1.54, 1.807) is 43.3 Å². The maximum Gasteiger partial charge on any atom is 0.422 e. The molecule has 0 bridgehead atoms. The summed E-state index contributed by atoms with van der Waals surface area (Å²) in [5.41, 5.74) is 1.76. The van der Waals surface area contributed by atoms with Gasteiger partial charge in [0.15, 0.2) is 6.61 Å². The number of hydrogen-bond donors (Lipinski definition) is 1. The Bertz CT molecular complexity index is 953. The summed E-state index contributed by atoms with van der Waals surface area (Å²) in [5.74, 6) is 0.541. The van der Waals surface area contributed by atoms with Gasteiger partial charge >= 0.3 is 6.18 Å². The van der Waals surface area contributed by atoms with E-state index >= 15 is 0 Å². The Kier molecular flexibility index (Phi) is 5.62. The summed E-state index contributed by atoms with van der Waals surface area (Å²) in [7, 11) is 0. The molecule has 2 aromatic carbocycles. The van der Waals surface area contributed by atoms with E-state index in [2.05, 4.69) is 20.3 Å². The number of aryl methyl sites for hydroxylation is 1. The molecular weight excluding hydrogens is 375 g/mol. The average molecular weight is 391 g/mol. The lowest BCUT2D eigenvalue weighted by atomic mass is 10.1. The molecule has 1 aromatic heterocycles. The highest BCUT2D eigenvalue weighted by Gasteiger charge is 2.28. The van der Waals surface area contributed by atoms with Gasteiger partial charge in [0.2, 0.25) is 11.8 Å². The largest absolute Gasteiger partial charge is 0.484 e. The van der Waals surface area contributed by atoms with Crippen molar-refractivity contribution in [2.45, 2.75) is 19.6 Å². The number of benzene rings is 2. The lowest BCUT2D eigenvalue weighted by Gasteiger charge is -2.10. The summed E-state index contributed by atoms with van der Waals surface area (Å²) in [6.07, 6.45) is -4.39. The first-order valence-corrected chi connectivity index (χ1v) is 8.27. The minimum absolute atomic E-state index is 0.106. The van der Waals surface area contributed by atoms with Gasteiger partial charge in [0, 0.05) is 24.6 Å². The predicted molar refractivity (Wildman–Crippen MR) is 93.6 cm³/mol. The van der Waals surface area contributed by atoms with Crippen LogP contribution < -0.4 is 10.1 Å². The topological polar surface area (TPSA) is 77.2 Å². The Morgan fingerprint density at radius 3 is 2.54 bits per heavy atom. The van der Waals surface area contributed by atoms with Crippen LogP contribution in [-0.2, 0) is 6.54 Å². The maximum absolute atomic E-state index is 12.4. The molecule has 1 heterocycles. The average Bonchev–Trinajstić information content (AvgIpc) is 3.11. The second-order valence-electron chi connectivity index (χ2n) is 5.94. The highest BCUT2D eigenvalue weighted by Crippen LogP contribution is 2.20. The smallest absolute Gasteiger partial charge is 0.422 e. The van der Waals surface area contributed by atoms with Crippen molar-refractivity contribution in [2.24, 2.45) is 0 Å². The van der Waals surface area contributed by atoms with Crippen molar-refractivity contribution in [3.05, 3.63) is 65.5 Å². The van der Waals surface area contributed by atoms with Gasteiger partial charge in [0.25, 0.3) is 5.91 Å². The summed E-state index contributed by atoms with van der Waals surface area (Å²) < 4.78 is 46.4. The number of rotatable bonds is 6. The minimum Gasteiger partial charge on any atom is -0.484 e. The van der Waals surface area contributed by atoms with Crippen molar-refractivity contribution in [1.29, 1.82) is 0 Å². The summed E-state index contributed by atoms with van der Waals surface area (Å²) in [6, 6.07) is 12.8. The molecule has 0 atom stereocenters. The van der Waals surface area contributed by atoms with E-state index < -0.39 is 12.8 Å². The van der Waals surface area contributed by atoms with Crippen LogP contribution in [0, 0.1) is 6.92 Å². The molecule has 0 aliphatic carbocycles. The van der Waals surface area contributed by atoms with E-state index in [1.807, 2.05) is 0 Å². The van der Waals surface area contributed by atoms with Crippen LogP contribution in [0.25, 0.3) is 11.5 Å². The lowest BCUT2D eigenvalue weighted by molar-refractivity contribution is -0.153. The lowest BCUT2D eigenvalue weighted by Crippen LogP contribution is -2.22. The molecule has 146 valence electrons. The number of alkyl halides is 3. The monoisotopic (exact) mass is 391 g/mol. The normalized spacial score (nSPS) is 11.3. The van der Waals surface area contributed by atoms with Crippen molar-refractivity contribution >= 4 is 5.91 Å². The fraction of sp³-hybridized carbons (Fsp3) is 0.211. The second kappa shape index (κ2) is 8.12. The van der Waals surface area contributed by atoms with Crippen molar-refractivity contribution in [1.82, 2.24) is 15.5 Å². The molecule has 0 saturated heterocycles. The Morgan fingerprint density at radius 1 is 1.14 bits per heavy atom. The van der Waals surface area contributed by atoms with Crippen LogP contribution in [-0.4, -0.2) is 28.9 Å². The Hall–Kier alpha value is -3.36. The predicted octanol–water partition coefficient (Wildman–Crippen LogP) is 3.92. The van der Waals surface area contributed by atoms with Crippen molar-refractivity contribution < 1.29 is 27.1 Å². The number of carbonyl (C=O) groups excluding carboxylic acids is 1. The molecule has 28 heavy (non-hydrogen) atoms. The summed E-state index contributed by atoms with van der Waals surface area (Å²) in [5, 5.41) is 10.4. The Balaban J connectivity index is 1.58. The molecule has 6 nitrogen and oxygen atoms in total. The van der Waals surface area contributed by atoms with Gasteiger partial charge in [0.1, 0.15) is 5.75 Å². The molecule has 0 radical (unpaired) electrons. The fourth-order valence-electron chi connectivity index (χ4n) is 2.36. The van der Waals surface area contributed by atoms with Crippen LogP contribution in [0.1, 0.15) is 21.8 Å². The van der Waals surface area contributed by atoms with Gasteiger partial charge in [0.05, 0.1) is 0 Å². The zero-order chi connectivity index (χ0) is 20.1. The third-order valence-electron chi connectivity index (χ3n) is 3.68. The highest BCUT2D eigenvalue weighted by atomic mass is 19.4. The standard InChI is InChI=1S/C19H16F3N3O3/c1-12-24-25-18(28-12)15-4-2-3-14(9-15)17(26)23-10-13-5-7-16(8-6-13)27-11-19(20,21)22/h2-9H,10-11H2,1H3,(H,23,26). The van der Waals surface area contributed by atoms with Crippen LogP contribution in [0.2, 0.25) is 0 Å². The molecule has 0 spiro atoms. The molecule has 1 amide bonds. The number of carbonyl (C=O) groups is 1. The van der Waals surface area contributed by atoms with Gasteiger partial charge in [-0.2, -0.15) is 13.2 Å². The Labute approximate surface area is 158 Å². The number of nitrogens with zero attached hydrogens (tertiary/aromatic N) is 2. The number of hydrogen-bond acceptors (Lipinski definition) is 5. The van der Waals surface area contributed by atoms with E-state index in [1.165, 1.54) is 12.1 Å². The summed E-state index contributed by atoms with van der Waals surface area (Å²) in [4.78, 5) is 12.4. The molecule has 3 rings (SSSR count). The quantitative estimate of drug-likeness (QED) is 0.689. The molecule has 9 heteroatoms. The van der Waals surface area contributed by atoms with Gasteiger partial charge in [-0.25, -0.2) is 0 Å². The zero-order valence-corrected chi connectivity index (χ0v) is 14.8. The van der Waals surface area contributed by atoms with Gasteiger partial charge in [-0.1, -0.05) is 18.2 Å². The maximum atomic E-state index is 12.4. The first-order chi connectivity index (χ1) is 13.3. The third-order valence-corrected chi connectivity index (χ3v) is 3.68. The molecule has 3 aromatic rings. The Morgan fingerprint density at radius 2 is 1.89 bits per heavy atom. The number of amides is 1. The number of nitrogens with one attached hydrogen (secondary N) is 1. The minimum atomic E-state index is -4.39. The van der Waals surface area contributed by atoms with E-state index in [-0.39, 0.29) is 18.2 Å². The molecule has 0 aliphatic heterocycles. The van der Waals surface area contributed by atoms with Gasteiger partial charge in [-0.15, -0.1) is 10.2 Å². The molecule has 0 fully saturated rings. The fourth-order valence-corrected chi connectivity index (χ4v) is 2.36.